The molecular weight excluding hydrogens is 576 g/mol. The maximum atomic E-state index is 14.9. The van der Waals surface area contributed by atoms with Crippen LogP contribution in [0, 0.1) is 26.1 Å². The number of non-ortho nitro benzene ring substituents is 2. The van der Waals surface area contributed by atoms with Crippen molar-refractivity contribution in [2.24, 2.45) is 5.92 Å². The van der Waals surface area contributed by atoms with Gasteiger partial charge in [0, 0.05) is 52.3 Å². The topological polar surface area (TPSA) is 153 Å². The number of nitrogens with one attached hydrogen (secondary N) is 1. The van der Waals surface area contributed by atoms with Crippen LogP contribution in [0.1, 0.15) is 38.8 Å². The zero-order chi connectivity index (χ0) is 31.6. The van der Waals surface area contributed by atoms with Gasteiger partial charge in [-0.15, -0.1) is 0 Å². The fourth-order valence-electron chi connectivity index (χ4n) is 7.26. The Kier molecular flexibility index (Phi) is 6.22. The lowest BCUT2D eigenvalue weighted by Gasteiger charge is -2.39. The van der Waals surface area contributed by atoms with Gasteiger partial charge in [-0.2, -0.15) is 0 Å². The molecule has 3 aliphatic heterocycles. The van der Waals surface area contributed by atoms with Gasteiger partial charge in [-0.25, -0.2) is 0 Å². The fourth-order valence-corrected chi connectivity index (χ4v) is 7.26. The minimum atomic E-state index is -1.60. The number of nitrogens with zero attached hydrogens (tertiary/aromatic N) is 3. The molecule has 1 spiro atoms. The lowest BCUT2D eigenvalue weighted by molar-refractivity contribution is -0.385. The highest BCUT2D eigenvalue weighted by atomic mass is 16.6. The normalized spacial score (nSPS) is 22.6. The summed E-state index contributed by atoms with van der Waals surface area (Å²) in [6.45, 7) is 1.91. The molecule has 0 aliphatic carbocycles. The molecule has 1 fully saturated rings. The number of carbonyl (C=O) groups is 3. The zero-order valence-electron chi connectivity index (χ0n) is 23.7. The van der Waals surface area contributed by atoms with Gasteiger partial charge < -0.3 is 10.2 Å². The molecule has 0 aromatic heterocycles. The van der Waals surface area contributed by atoms with E-state index in [1.807, 2.05) is 42.2 Å². The number of Topliss-reactive ketones (excluding diaryl/α,β-unsaturated/α-hetero) is 2. The maximum Gasteiger partial charge on any atom is 0.270 e. The van der Waals surface area contributed by atoms with E-state index in [1.165, 1.54) is 42.5 Å². The first-order chi connectivity index (χ1) is 21.6. The maximum absolute atomic E-state index is 14.9. The van der Waals surface area contributed by atoms with Crippen molar-refractivity contribution in [3.8, 4) is 0 Å². The van der Waals surface area contributed by atoms with Gasteiger partial charge in [-0.3, -0.25) is 34.6 Å². The van der Waals surface area contributed by atoms with Crippen LogP contribution in [0.2, 0.25) is 0 Å². The SMILES string of the molecule is CC1=C[C@@H]2N(c3ccccc31)[C@@H](C(=O)c1ccc([N+](=O)[O-])cc1)[C@H](C(=O)c1cccc([N+](=O)[O-])c1)[C@@]21C(=O)Nc2ccccc21. The molecule has 4 aromatic carbocycles. The molecule has 0 bridgehead atoms. The van der Waals surface area contributed by atoms with E-state index < -0.39 is 50.7 Å². The van der Waals surface area contributed by atoms with Crippen LogP contribution in [-0.4, -0.2) is 39.4 Å². The van der Waals surface area contributed by atoms with Crippen molar-refractivity contribution in [2.45, 2.75) is 24.4 Å². The van der Waals surface area contributed by atoms with E-state index >= 15 is 0 Å². The Hall–Kier alpha value is -5.97. The number of ketones is 2. The first-order valence-corrected chi connectivity index (χ1v) is 14.2. The molecule has 3 heterocycles. The quantitative estimate of drug-likeness (QED) is 0.167. The number of nitro groups is 2. The Labute approximate surface area is 256 Å². The van der Waals surface area contributed by atoms with Crippen molar-refractivity contribution in [1.29, 1.82) is 0 Å². The summed E-state index contributed by atoms with van der Waals surface area (Å²) < 4.78 is 0. The molecule has 222 valence electrons. The number of allylic oxidation sites excluding steroid dienone is 1. The molecule has 0 unspecified atom stereocenters. The third-order valence-corrected chi connectivity index (χ3v) is 9.14. The second kappa shape index (κ2) is 10.1. The van der Waals surface area contributed by atoms with E-state index in [0.29, 0.717) is 16.9 Å². The number of para-hydroxylation sites is 2. The lowest BCUT2D eigenvalue weighted by atomic mass is 9.64. The first kappa shape index (κ1) is 27.8. The van der Waals surface area contributed by atoms with Crippen LogP contribution in [0.3, 0.4) is 0 Å². The minimum absolute atomic E-state index is 0.0129. The van der Waals surface area contributed by atoms with E-state index in [-0.39, 0.29) is 22.5 Å². The Morgan fingerprint density at radius 2 is 1.49 bits per heavy atom. The predicted molar refractivity (Wildman–Crippen MR) is 165 cm³/mol. The number of fused-ring (bicyclic) bond motifs is 6. The second-order valence-corrected chi connectivity index (χ2v) is 11.4. The van der Waals surface area contributed by atoms with Crippen LogP contribution in [0.4, 0.5) is 22.7 Å². The summed E-state index contributed by atoms with van der Waals surface area (Å²) in [6.07, 6.45) is 1.90. The molecule has 1 N–H and O–H groups in total. The monoisotopic (exact) mass is 600 g/mol. The number of rotatable bonds is 6. The molecule has 0 radical (unpaired) electrons. The standard InChI is InChI=1S/C34H24N4O7/c1-19-17-28-34(25-10-3-4-11-26(25)35-33(34)41)29(31(39)21-7-6-8-23(18-21)38(44)45)30(36(28)27-12-5-2-9-24(19)27)32(40)20-13-15-22(16-14-20)37(42)43/h2-18,28-30H,1H3,(H,35,41)/t28-,29+,30+,34-/m0/s1. The zero-order valence-corrected chi connectivity index (χ0v) is 23.7. The van der Waals surface area contributed by atoms with Crippen LogP contribution in [0.5, 0.6) is 0 Å². The molecule has 7 rings (SSSR count). The number of amides is 1. The predicted octanol–water partition coefficient (Wildman–Crippen LogP) is 5.75. The molecule has 11 nitrogen and oxygen atoms in total. The number of hydrogen-bond donors (Lipinski definition) is 1. The van der Waals surface area contributed by atoms with Gasteiger partial charge in [0.2, 0.25) is 5.91 Å². The number of benzene rings is 4. The van der Waals surface area contributed by atoms with E-state index in [0.717, 1.165) is 17.2 Å². The van der Waals surface area contributed by atoms with Crippen molar-refractivity contribution >= 4 is 45.8 Å². The third-order valence-electron chi connectivity index (χ3n) is 9.14. The number of hydrogen-bond acceptors (Lipinski definition) is 8. The minimum Gasteiger partial charge on any atom is -0.352 e. The summed E-state index contributed by atoms with van der Waals surface area (Å²) in [4.78, 5) is 67.7. The van der Waals surface area contributed by atoms with Crippen LogP contribution in [-0.2, 0) is 10.2 Å². The molecule has 0 saturated carbocycles. The molecule has 3 aliphatic rings. The van der Waals surface area contributed by atoms with Crippen molar-refractivity contribution < 1.29 is 24.2 Å². The van der Waals surface area contributed by atoms with Crippen LogP contribution >= 0.6 is 0 Å². The van der Waals surface area contributed by atoms with Crippen molar-refractivity contribution in [2.75, 3.05) is 10.2 Å². The summed E-state index contributed by atoms with van der Waals surface area (Å²) in [7, 11) is 0. The molecule has 4 atom stereocenters. The van der Waals surface area contributed by atoms with Gasteiger partial charge in [-0.05, 0) is 42.3 Å². The average molecular weight is 601 g/mol. The Morgan fingerprint density at radius 3 is 2.22 bits per heavy atom. The van der Waals surface area contributed by atoms with Gasteiger partial charge in [0.25, 0.3) is 11.4 Å². The van der Waals surface area contributed by atoms with Crippen molar-refractivity contribution in [3.63, 3.8) is 0 Å². The van der Waals surface area contributed by atoms with Crippen LogP contribution in [0.25, 0.3) is 5.57 Å². The summed E-state index contributed by atoms with van der Waals surface area (Å²) >= 11 is 0. The van der Waals surface area contributed by atoms with E-state index in [9.17, 15) is 34.6 Å². The van der Waals surface area contributed by atoms with E-state index in [2.05, 4.69) is 5.32 Å². The number of carbonyl (C=O) groups excluding carboxylic acids is 3. The Bertz CT molecular complexity index is 2000. The molecule has 45 heavy (non-hydrogen) atoms. The Morgan fingerprint density at radius 1 is 0.800 bits per heavy atom. The summed E-state index contributed by atoms with van der Waals surface area (Å²) in [6, 6.07) is 22.8. The van der Waals surface area contributed by atoms with Gasteiger partial charge in [0.1, 0.15) is 11.5 Å². The highest BCUT2D eigenvalue weighted by Gasteiger charge is 2.70. The van der Waals surface area contributed by atoms with Gasteiger partial charge in [0.05, 0.1) is 21.8 Å². The number of anilines is 2. The summed E-state index contributed by atoms with van der Waals surface area (Å²) in [5, 5.41) is 26.0. The van der Waals surface area contributed by atoms with Crippen LogP contribution < -0.4 is 10.2 Å². The van der Waals surface area contributed by atoms with Crippen molar-refractivity contribution in [3.05, 3.63) is 146 Å². The van der Waals surface area contributed by atoms with Gasteiger partial charge in [0.15, 0.2) is 11.6 Å². The summed E-state index contributed by atoms with van der Waals surface area (Å²) in [5.41, 5.74) is 1.36. The fraction of sp³-hybridized carbons (Fsp3) is 0.147. The third kappa shape index (κ3) is 3.93. The average Bonchev–Trinajstić information content (AvgIpc) is 3.52. The van der Waals surface area contributed by atoms with Crippen LogP contribution in [0.15, 0.2) is 103 Å². The Balaban J connectivity index is 1.53. The van der Waals surface area contributed by atoms with Gasteiger partial charge in [-0.1, -0.05) is 54.6 Å². The molecule has 1 amide bonds. The molecular formula is C34H24N4O7. The second-order valence-electron chi connectivity index (χ2n) is 11.4. The highest BCUT2D eigenvalue weighted by Crippen LogP contribution is 2.58. The number of nitro benzene ring substituents is 2. The molecule has 4 aromatic rings. The first-order valence-electron chi connectivity index (χ1n) is 14.2. The largest absolute Gasteiger partial charge is 0.352 e. The van der Waals surface area contributed by atoms with Gasteiger partial charge >= 0.3 is 0 Å². The lowest BCUT2D eigenvalue weighted by Crippen LogP contribution is -2.51. The highest BCUT2D eigenvalue weighted by molar-refractivity contribution is 6.18. The van der Waals surface area contributed by atoms with E-state index in [4.69, 9.17) is 0 Å². The van der Waals surface area contributed by atoms with E-state index in [1.54, 1.807) is 24.3 Å². The smallest absolute Gasteiger partial charge is 0.270 e. The van der Waals surface area contributed by atoms with Crippen molar-refractivity contribution in [1.82, 2.24) is 0 Å². The summed E-state index contributed by atoms with van der Waals surface area (Å²) in [5.74, 6) is -2.93. The molecule has 11 heteroatoms. The molecule has 1 saturated heterocycles.